The third kappa shape index (κ3) is 8.57. The van der Waals surface area contributed by atoms with Crippen LogP contribution in [0, 0.1) is 31.6 Å². The van der Waals surface area contributed by atoms with Crippen LogP contribution >= 0.6 is 0 Å². The molecule has 0 radical (unpaired) electrons. The zero-order chi connectivity index (χ0) is 35.1. The normalized spacial score (nSPS) is 17.5. The van der Waals surface area contributed by atoms with Crippen molar-refractivity contribution in [1.82, 2.24) is 5.32 Å². The summed E-state index contributed by atoms with van der Waals surface area (Å²) in [5.41, 5.74) is 8.39. The van der Waals surface area contributed by atoms with Crippen LogP contribution in [0.2, 0.25) is 0 Å². The summed E-state index contributed by atoms with van der Waals surface area (Å²) in [5, 5.41) is 27.0. The molecule has 1 fully saturated rings. The predicted octanol–water partition coefficient (Wildman–Crippen LogP) is 6.31. The summed E-state index contributed by atoms with van der Waals surface area (Å²) >= 11 is 0. The number of nitrogens with two attached hydrogens (primary N) is 1. The van der Waals surface area contributed by atoms with Crippen LogP contribution in [-0.2, 0) is 22.6 Å². The Labute approximate surface area is 281 Å². The number of amides is 2. The lowest BCUT2D eigenvalue weighted by Gasteiger charge is -2.37. The van der Waals surface area contributed by atoms with Gasteiger partial charge in [0.15, 0.2) is 11.5 Å². The van der Waals surface area contributed by atoms with Crippen LogP contribution in [0.25, 0.3) is 0 Å². The van der Waals surface area contributed by atoms with E-state index in [1.807, 2.05) is 24.3 Å². The van der Waals surface area contributed by atoms with Crippen LogP contribution in [0.1, 0.15) is 83.0 Å². The molecule has 0 unspecified atom stereocenters. The molecule has 0 aromatic heterocycles. The van der Waals surface area contributed by atoms with Gasteiger partial charge in [-0.15, -0.1) is 0 Å². The van der Waals surface area contributed by atoms with Crippen molar-refractivity contribution in [2.75, 3.05) is 19.0 Å². The van der Waals surface area contributed by atoms with E-state index in [4.69, 9.17) is 19.9 Å². The first-order chi connectivity index (χ1) is 22.8. The summed E-state index contributed by atoms with van der Waals surface area (Å²) in [7, 11) is 1.36. The largest absolute Gasteiger partial charge is 0.504 e. The molecule has 3 aromatic rings. The Bertz CT molecular complexity index is 1640. The molecule has 4 rings (SSSR count). The van der Waals surface area contributed by atoms with Crippen molar-refractivity contribution >= 4 is 23.5 Å². The molecule has 258 valence electrons. The standard InChI is InChI=1S/C37H47N3O8/c1-20(2)27-14-7-21(3)15-30(27)47-19-31(41)40-17-24-9-12-26(13-10-24)39-18-25-11-8-22(4)32(36(38)43)34(25)48-35-28(37(44)45)16-29(46-6)23(5)33(35)42/h8-13,16,20-21,27,30,39,42H,7,14-15,17-19H2,1-6H3,(H2,38,43)(H,40,41)(H,44,45)/t21-,27+,30-/m1/s1. The summed E-state index contributed by atoms with van der Waals surface area (Å²) in [6.07, 6.45) is 3.43. The van der Waals surface area contributed by atoms with Crippen LogP contribution in [0.5, 0.6) is 23.0 Å². The van der Waals surface area contributed by atoms with E-state index in [9.17, 15) is 24.6 Å². The predicted molar refractivity (Wildman–Crippen MR) is 183 cm³/mol. The number of carbonyl (C=O) groups is 3. The van der Waals surface area contributed by atoms with E-state index >= 15 is 0 Å². The molecular weight excluding hydrogens is 614 g/mol. The maximum Gasteiger partial charge on any atom is 0.339 e. The molecule has 0 bridgehead atoms. The lowest BCUT2D eigenvalue weighted by atomic mass is 9.75. The van der Waals surface area contributed by atoms with Gasteiger partial charge in [-0.25, -0.2) is 4.79 Å². The first kappa shape index (κ1) is 36.1. The quantitative estimate of drug-likeness (QED) is 0.133. The molecule has 1 aliphatic rings. The van der Waals surface area contributed by atoms with E-state index in [1.54, 1.807) is 26.0 Å². The number of aromatic hydroxyl groups is 1. The highest BCUT2D eigenvalue weighted by Crippen LogP contribution is 2.44. The van der Waals surface area contributed by atoms with Gasteiger partial charge < -0.3 is 40.8 Å². The van der Waals surface area contributed by atoms with Crippen molar-refractivity contribution in [2.24, 2.45) is 23.5 Å². The fourth-order valence-corrected chi connectivity index (χ4v) is 6.26. The van der Waals surface area contributed by atoms with Gasteiger partial charge in [0.05, 0.1) is 18.8 Å². The summed E-state index contributed by atoms with van der Waals surface area (Å²) < 4.78 is 17.3. The van der Waals surface area contributed by atoms with Crippen LogP contribution in [-0.4, -0.2) is 47.8 Å². The number of anilines is 1. The highest BCUT2D eigenvalue weighted by Gasteiger charge is 2.32. The van der Waals surface area contributed by atoms with Crippen molar-refractivity contribution in [1.29, 1.82) is 0 Å². The number of rotatable bonds is 14. The van der Waals surface area contributed by atoms with Gasteiger partial charge in [-0.3, -0.25) is 9.59 Å². The molecule has 3 aromatic carbocycles. The van der Waals surface area contributed by atoms with Crippen molar-refractivity contribution in [3.05, 3.63) is 75.8 Å². The summed E-state index contributed by atoms with van der Waals surface area (Å²) in [6.45, 7) is 10.5. The third-order valence-electron chi connectivity index (χ3n) is 9.12. The number of hydrogen-bond acceptors (Lipinski definition) is 8. The third-order valence-corrected chi connectivity index (χ3v) is 9.12. The average Bonchev–Trinajstić information content (AvgIpc) is 3.04. The zero-order valence-corrected chi connectivity index (χ0v) is 28.5. The van der Waals surface area contributed by atoms with Gasteiger partial charge in [-0.05, 0) is 73.8 Å². The monoisotopic (exact) mass is 661 g/mol. The zero-order valence-electron chi connectivity index (χ0n) is 28.5. The molecule has 3 atom stereocenters. The van der Waals surface area contributed by atoms with Crippen molar-refractivity contribution in [3.63, 3.8) is 0 Å². The number of aryl methyl sites for hydroxylation is 1. The Morgan fingerprint density at radius 2 is 1.73 bits per heavy atom. The highest BCUT2D eigenvalue weighted by atomic mass is 16.5. The second-order valence-corrected chi connectivity index (χ2v) is 12.9. The molecule has 1 saturated carbocycles. The minimum atomic E-state index is -1.35. The number of methoxy groups -OCH3 is 1. The lowest BCUT2D eigenvalue weighted by molar-refractivity contribution is -0.131. The van der Waals surface area contributed by atoms with Gasteiger partial charge >= 0.3 is 5.97 Å². The molecule has 0 heterocycles. The van der Waals surface area contributed by atoms with Gasteiger partial charge in [-0.2, -0.15) is 0 Å². The number of carboxylic acids is 1. The number of hydrogen-bond donors (Lipinski definition) is 5. The molecule has 48 heavy (non-hydrogen) atoms. The number of carbonyl (C=O) groups excluding carboxylic acids is 2. The molecule has 0 aliphatic heterocycles. The number of nitrogens with one attached hydrogen (secondary N) is 2. The summed E-state index contributed by atoms with van der Waals surface area (Å²) in [5.74, 6) is -1.25. The minimum Gasteiger partial charge on any atom is -0.504 e. The topological polar surface area (TPSA) is 169 Å². The molecule has 0 saturated heterocycles. The van der Waals surface area contributed by atoms with Gasteiger partial charge in [0.25, 0.3) is 5.91 Å². The van der Waals surface area contributed by atoms with Gasteiger partial charge in [0.2, 0.25) is 5.91 Å². The number of aromatic carboxylic acids is 1. The van der Waals surface area contributed by atoms with Crippen LogP contribution in [0.4, 0.5) is 5.69 Å². The number of ether oxygens (including phenoxy) is 3. The molecule has 1 aliphatic carbocycles. The van der Waals surface area contributed by atoms with E-state index in [-0.39, 0.29) is 59.1 Å². The van der Waals surface area contributed by atoms with E-state index in [0.29, 0.717) is 35.4 Å². The van der Waals surface area contributed by atoms with E-state index in [0.717, 1.165) is 24.1 Å². The van der Waals surface area contributed by atoms with E-state index < -0.39 is 17.6 Å². The Kier molecular flexibility index (Phi) is 11.9. The molecule has 6 N–H and O–H groups in total. The molecular formula is C37H47N3O8. The SMILES string of the molecule is COc1cc(C(=O)O)c(Oc2c(CNc3ccc(CNC(=O)CO[C@@H]4C[C@H](C)CC[C@H]4C(C)C)cc3)ccc(C)c2C(N)=O)c(O)c1C. The molecule has 0 spiro atoms. The maximum atomic E-state index is 12.6. The fourth-order valence-electron chi connectivity index (χ4n) is 6.26. The highest BCUT2D eigenvalue weighted by molar-refractivity contribution is 5.98. The van der Waals surface area contributed by atoms with Gasteiger partial charge in [0, 0.05) is 29.9 Å². The van der Waals surface area contributed by atoms with E-state index in [2.05, 4.69) is 31.4 Å². The molecule has 11 nitrogen and oxygen atoms in total. The Balaban J connectivity index is 1.43. The first-order valence-electron chi connectivity index (χ1n) is 16.3. The Morgan fingerprint density at radius 3 is 2.35 bits per heavy atom. The molecule has 11 heteroatoms. The lowest BCUT2D eigenvalue weighted by Crippen LogP contribution is -2.37. The Morgan fingerprint density at radius 1 is 1.02 bits per heavy atom. The van der Waals surface area contributed by atoms with Crippen LogP contribution in [0.3, 0.4) is 0 Å². The second kappa shape index (κ2) is 15.9. The number of primary amides is 1. The first-order valence-corrected chi connectivity index (χ1v) is 16.3. The number of phenolic OH excluding ortho intramolecular Hbond substituents is 1. The smallest absolute Gasteiger partial charge is 0.339 e. The van der Waals surface area contributed by atoms with Crippen LogP contribution in [0.15, 0.2) is 42.5 Å². The van der Waals surface area contributed by atoms with Crippen molar-refractivity contribution in [2.45, 2.75) is 73.1 Å². The van der Waals surface area contributed by atoms with Crippen molar-refractivity contribution in [3.8, 4) is 23.0 Å². The van der Waals surface area contributed by atoms with Gasteiger partial charge in [-0.1, -0.05) is 51.5 Å². The maximum absolute atomic E-state index is 12.6. The second-order valence-electron chi connectivity index (χ2n) is 12.9. The summed E-state index contributed by atoms with van der Waals surface area (Å²) in [6, 6.07) is 12.2. The molecule has 2 amide bonds. The van der Waals surface area contributed by atoms with Gasteiger partial charge in [0.1, 0.15) is 23.7 Å². The fraction of sp³-hybridized carbons (Fsp3) is 0.432. The number of phenols is 1. The van der Waals surface area contributed by atoms with Crippen molar-refractivity contribution < 1.29 is 38.8 Å². The Hall–Kier alpha value is -4.77. The number of carboxylic acid groups (broad SMARTS) is 1. The minimum absolute atomic E-state index is 0.0290. The average molecular weight is 662 g/mol. The van der Waals surface area contributed by atoms with E-state index in [1.165, 1.54) is 19.6 Å². The summed E-state index contributed by atoms with van der Waals surface area (Å²) in [4.78, 5) is 37.2. The number of benzene rings is 3. The van der Waals surface area contributed by atoms with Crippen LogP contribution < -0.4 is 25.8 Å².